The number of carbonyl (C=O) groups is 2. The standard InChI is InChI=1S/C24H21F6N5O3/c25-23(26,27)16-3-13(4-17(7-16)24(28,29)30)11-38-22(37)35-9-14-6-15(10-35)20(14)21(36)31-8-12-1-2-18-19(5-12)33-34-32-18/h1-5,7,14-15,20H,6,8-11H2,(H,31,36)(H,32,33,34)/t14-,15+,20?. The molecule has 38 heavy (non-hydrogen) atoms. The summed E-state index contributed by atoms with van der Waals surface area (Å²) in [6.45, 7) is -0.0545. The predicted octanol–water partition coefficient (Wildman–Crippen LogP) is 4.52. The molecule has 2 bridgehead atoms. The minimum absolute atomic E-state index is 0.0152. The highest BCUT2D eigenvalue weighted by Gasteiger charge is 2.51. The fraction of sp³-hybridized carbons (Fsp3) is 0.417. The Morgan fingerprint density at radius 2 is 1.55 bits per heavy atom. The van der Waals surface area contributed by atoms with Gasteiger partial charge in [0.05, 0.1) is 11.1 Å². The first-order valence-corrected chi connectivity index (χ1v) is 11.7. The third-order valence-electron chi connectivity index (χ3n) is 6.95. The number of aromatic amines is 1. The summed E-state index contributed by atoms with van der Waals surface area (Å²) in [5.41, 5.74) is -1.16. The van der Waals surface area contributed by atoms with Crippen LogP contribution in [0.2, 0.25) is 0 Å². The van der Waals surface area contributed by atoms with Gasteiger partial charge in [0.15, 0.2) is 0 Å². The number of nitrogens with zero attached hydrogens (tertiary/aromatic N) is 3. The summed E-state index contributed by atoms with van der Waals surface area (Å²) in [5, 5.41) is 13.4. The van der Waals surface area contributed by atoms with Crippen molar-refractivity contribution < 1.29 is 40.7 Å². The number of aromatic nitrogens is 3. The molecule has 0 spiro atoms. The van der Waals surface area contributed by atoms with Crippen molar-refractivity contribution in [3.05, 3.63) is 58.7 Å². The molecule has 6 rings (SSSR count). The average molecular weight is 541 g/mol. The summed E-state index contributed by atoms with van der Waals surface area (Å²) in [6.07, 6.45) is -10.1. The Morgan fingerprint density at radius 3 is 2.18 bits per heavy atom. The summed E-state index contributed by atoms with van der Waals surface area (Å²) in [5.74, 6) is -0.690. The van der Waals surface area contributed by atoms with E-state index in [1.165, 1.54) is 4.90 Å². The average Bonchev–Trinajstić information content (AvgIpc) is 3.33. The fourth-order valence-corrected chi connectivity index (χ4v) is 5.11. The highest BCUT2D eigenvalue weighted by molar-refractivity contribution is 5.81. The van der Waals surface area contributed by atoms with Crippen LogP contribution in [-0.2, 0) is 35.0 Å². The number of carbonyl (C=O) groups excluding carboxylic acids is 2. The van der Waals surface area contributed by atoms with Gasteiger partial charge in [-0.25, -0.2) is 4.79 Å². The zero-order valence-corrected chi connectivity index (χ0v) is 19.6. The second-order valence-electron chi connectivity index (χ2n) is 9.52. The molecular formula is C24H21F6N5O3. The van der Waals surface area contributed by atoms with Crippen LogP contribution in [0.5, 0.6) is 0 Å². The number of ether oxygens (including phenoxy) is 1. The molecule has 1 saturated carbocycles. The van der Waals surface area contributed by atoms with Crippen LogP contribution in [0.4, 0.5) is 31.1 Å². The first-order chi connectivity index (χ1) is 17.9. The van der Waals surface area contributed by atoms with E-state index in [4.69, 9.17) is 4.74 Å². The number of amides is 2. The van der Waals surface area contributed by atoms with Crippen molar-refractivity contribution in [3.8, 4) is 0 Å². The zero-order chi connectivity index (χ0) is 27.2. The Labute approximate surface area is 211 Å². The summed E-state index contributed by atoms with van der Waals surface area (Å²) < 4.78 is 83.4. The third kappa shape index (κ3) is 5.24. The van der Waals surface area contributed by atoms with Crippen molar-refractivity contribution in [2.45, 2.75) is 31.9 Å². The lowest BCUT2D eigenvalue weighted by Gasteiger charge is -2.52. The number of piperidine rings is 2. The van der Waals surface area contributed by atoms with Crippen molar-refractivity contribution in [1.82, 2.24) is 25.6 Å². The van der Waals surface area contributed by atoms with Gasteiger partial charge in [-0.2, -0.15) is 41.8 Å². The molecule has 3 heterocycles. The second kappa shape index (κ2) is 9.48. The maximum absolute atomic E-state index is 13.1. The summed E-state index contributed by atoms with van der Waals surface area (Å²) in [7, 11) is 0. The van der Waals surface area contributed by atoms with Crippen LogP contribution in [0.3, 0.4) is 0 Å². The van der Waals surface area contributed by atoms with Crippen LogP contribution < -0.4 is 5.32 Å². The van der Waals surface area contributed by atoms with Gasteiger partial charge in [0, 0.05) is 25.6 Å². The molecule has 1 unspecified atom stereocenters. The van der Waals surface area contributed by atoms with Crippen LogP contribution in [0, 0.1) is 17.8 Å². The molecule has 2 amide bonds. The second-order valence-corrected chi connectivity index (χ2v) is 9.52. The van der Waals surface area contributed by atoms with Gasteiger partial charge in [-0.05, 0) is 59.7 Å². The number of fused-ring (bicyclic) bond motifs is 3. The molecule has 14 heteroatoms. The molecule has 2 saturated heterocycles. The van der Waals surface area contributed by atoms with Crippen molar-refractivity contribution in [3.63, 3.8) is 0 Å². The van der Waals surface area contributed by atoms with E-state index in [2.05, 4.69) is 20.7 Å². The third-order valence-corrected chi connectivity index (χ3v) is 6.95. The van der Waals surface area contributed by atoms with Crippen LogP contribution in [0.25, 0.3) is 11.0 Å². The minimum atomic E-state index is -4.99. The van der Waals surface area contributed by atoms with Crippen LogP contribution >= 0.6 is 0 Å². The summed E-state index contributed by atoms with van der Waals surface area (Å²) in [6, 6.07) is 6.48. The van der Waals surface area contributed by atoms with Gasteiger partial charge in [0.25, 0.3) is 0 Å². The maximum Gasteiger partial charge on any atom is 0.416 e. The number of alkyl halides is 6. The molecule has 3 aliphatic rings. The number of benzene rings is 2. The fourth-order valence-electron chi connectivity index (χ4n) is 5.11. The lowest BCUT2D eigenvalue weighted by atomic mass is 9.61. The van der Waals surface area contributed by atoms with Crippen LogP contribution in [0.15, 0.2) is 36.4 Å². The first-order valence-electron chi connectivity index (χ1n) is 11.7. The monoisotopic (exact) mass is 541 g/mol. The summed E-state index contributed by atoms with van der Waals surface area (Å²) in [4.78, 5) is 26.6. The number of rotatable bonds is 5. The number of hydrogen-bond acceptors (Lipinski definition) is 5. The maximum atomic E-state index is 13.1. The van der Waals surface area contributed by atoms with E-state index in [1.54, 1.807) is 12.1 Å². The van der Waals surface area contributed by atoms with Gasteiger partial charge in [-0.3, -0.25) is 4.79 Å². The smallest absolute Gasteiger partial charge is 0.416 e. The minimum Gasteiger partial charge on any atom is -0.445 e. The highest BCUT2D eigenvalue weighted by Crippen LogP contribution is 2.46. The molecule has 8 nitrogen and oxygen atoms in total. The van der Waals surface area contributed by atoms with E-state index in [-0.39, 0.29) is 42.8 Å². The topological polar surface area (TPSA) is 100 Å². The molecule has 1 aliphatic carbocycles. The Balaban J connectivity index is 1.15. The normalized spacial score (nSPS) is 21.2. The molecular weight excluding hydrogens is 520 g/mol. The number of hydrogen-bond donors (Lipinski definition) is 2. The Kier molecular flexibility index (Phi) is 6.43. The van der Waals surface area contributed by atoms with Crippen molar-refractivity contribution >= 4 is 23.0 Å². The molecule has 3 fully saturated rings. The van der Waals surface area contributed by atoms with E-state index >= 15 is 0 Å². The molecule has 2 aliphatic heterocycles. The van der Waals surface area contributed by atoms with Crippen molar-refractivity contribution in [2.24, 2.45) is 17.8 Å². The summed E-state index contributed by atoms with van der Waals surface area (Å²) >= 11 is 0. The molecule has 2 N–H and O–H groups in total. The van der Waals surface area contributed by atoms with Gasteiger partial charge in [-0.15, -0.1) is 0 Å². The van der Waals surface area contributed by atoms with E-state index in [0.29, 0.717) is 29.7 Å². The number of halogens is 6. The van der Waals surface area contributed by atoms with Crippen molar-refractivity contribution in [1.29, 1.82) is 0 Å². The van der Waals surface area contributed by atoms with Gasteiger partial charge in [-0.1, -0.05) is 6.07 Å². The van der Waals surface area contributed by atoms with E-state index < -0.39 is 41.7 Å². The Morgan fingerprint density at radius 1 is 0.921 bits per heavy atom. The zero-order valence-electron chi connectivity index (χ0n) is 19.6. The largest absolute Gasteiger partial charge is 0.445 e. The SMILES string of the molecule is O=C(NCc1ccc2n[nH]nc2c1)C1[C@@H]2C[C@H]1CN(C(=O)OCc1cc(C(F)(F)F)cc(C(F)(F)F)c1)C2. The quantitative estimate of drug-likeness (QED) is 0.463. The van der Waals surface area contributed by atoms with Gasteiger partial charge < -0.3 is 15.0 Å². The molecule has 1 aromatic heterocycles. The van der Waals surface area contributed by atoms with E-state index in [9.17, 15) is 35.9 Å². The number of H-pyrrole nitrogens is 1. The molecule has 3 aromatic rings. The Hall–Kier alpha value is -3.84. The first kappa shape index (κ1) is 25.8. The van der Waals surface area contributed by atoms with Crippen LogP contribution in [0.1, 0.15) is 28.7 Å². The van der Waals surface area contributed by atoms with Gasteiger partial charge >= 0.3 is 18.4 Å². The van der Waals surface area contributed by atoms with E-state index in [0.717, 1.165) is 12.0 Å². The molecule has 0 radical (unpaired) electrons. The lowest BCUT2D eigenvalue weighted by Crippen LogP contribution is -2.60. The molecule has 202 valence electrons. The molecule has 3 atom stereocenters. The lowest BCUT2D eigenvalue weighted by molar-refractivity contribution is -0.143. The van der Waals surface area contributed by atoms with Crippen molar-refractivity contribution in [2.75, 3.05) is 13.1 Å². The van der Waals surface area contributed by atoms with Crippen LogP contribution in [-0.4, -0.2) is 45.4 Å². The van der Waals surface area contributed by atoms with Gasteiger partial charge in [0.2, 0.25) is 5.91 Å². The molecule has 2 aromatic carbocycles. The number of nitrogens with one attached hydrogen (secondary N) is 2. The van der Waals surface area contributed by atoms with Gasteiger partial charge in [0.1, 0.15) is 17.6 Å². The van der Waals surface area contributed by atoms with E-state index in [1.807, 2.05) is 6.07 Å². The Bertz CT molecular complexity index is 1330. The predicted molar refractivity (Wildman–Crippen MR) is 119 cm³/mol. The highest BCUT2D eigenvalue weighted by atomic mass is 19.4.